The Morgan fingerprint density at radius 3 is 2.38 bits per heavy atom. The molecule has 0 saturated carbocycles. The molecule has 11 nitrogen and oxygen atoms in total. The number of methoxy groups -OCH3 is 2. The van der Waals surface area contributed by atoms with E-state index in [1.807, 2.05) is 0 Å². The third-order valence-corrected chi connectivity index (χ3v) is 3.60. The highest BCUT2D eigenvalue weighted by atomic mass is 16.6. The number of esters is 2. The van der Waals surface area contributed by atoms with Crippen LogP contribution >= 0.6 is 0 Å². The van der Waals surface area contributed by atoms with Crippen LogP contribution < -0.4 is 0 Å². The van der Waals surface area contributed by atoms with Crippen LogP contribution in [0.4, 0.5) is 5.69 Å². The molecular formula is C13H18N4O7. The normalized spacial score (nSPS) is 15.1. The summed E-state index contributed by atoms with van der Waals surface area (Å²) in [5, 5.41) is 15.2. The molecule has 0 aromatic carbocycles. The molecule has 1 aliphatic rings. The maximum Gasteiger partial charge on any atom is 0.365 e. The first kappa shape index (κ1) is 17.8. The zero-order valence-electron chi connectivity index (χ0n) is 13.4. The fraction of sp³-hybridized carbons (Fsp3) is 0.615. The Bertz CT molecular complexity index is 637. The Balaban J connectivity index is 2.35. The van der Waals surface area contributed by atoms with Gasteiger partial charge in [-0.2, -0.15) is 5.10 Å². The maximum atomic E-state index is 12.0. The maximum absolute atomic E-state index is 12.0. The molecule has 0 spiro atoms. The van der Waals surface area contributed by atoms with Crippen molar-refractivity contribution in [2.45, 2.75) is 6.54 Å². The van der Waals surface area contributed by atoms with Crippen molar-refractivity contribution in [3.05, 3.63) is 21.5 Å². The molecule has 132 valence electrons. The van der Waals surface area contributed by atoms with Crippen LogP contribution in [0.5, 0.6) is 0 Å². The van der Waals surface area contributed by atoms with Gasteiger partial charge in [0, 0.05) is 19.6 Å². The molecule has 11 heteroatoms. The van der Waals surface area contributed by atoms with E-state index in [4.69, 9.17) is 4.74 Å². The number of hydrogen-bond donors (Lipinski definition) is 0. The molecule has 1 fully saturated rings. The van der Waals surface area contributed by atoms with Crippen molar-refractivity contribution in [2.24, 2.45) is 0 Å². The molecule has 0 radical (unpaired) electrons. The molecule has 0 aliphatic carbocycles. The van der Waals surface area contributed by atoms with E-state index in [-0.39, 0.29) is 12.2 Å². The Morgan fingerprint density at radius 2 is 1.83 bits per heavy atom. The highest BCUT2D eigenvalue weighted by molar-refractivity contribution is 6.00. The second-order valence-electron chi connectivity index (χ2n) is 4.96. The lowest BCUT2D eigenvalue weighted by Crippen LogP contribution is -2.38. The van der Waals surface area contributed by atoms with Gasteiger partial charge in [-0.25, -0.2) is 14.3 Å². The van der Waals surface area contributed by atoms with Gasteiger partial charge in [0.25, 0.3) is 0 Å². The number of carbonyl (C=O) groups excluding carboxylic acids is 2. The first-order chi connectivity index (χ1) is 11.5. The third-order valence-electron chi connectivity index (χ3n) is 3.60. The minimum Gasteiger partial charge on any atom is -0.464 e. The molecule has 0 N–H and O–H groups in total. The summed E-state index contributed by atoms with van der Waals surface area (Å²) in [4.78, 5) is 36.2. The van der Waals surface area contributed by atoms with Crippen molar-refractivity contribution >= 4 is 17.6 Å². The fourth-order valence-electron chi connectivity index (χ4n) is 2.38. The second-order valence-corrected chi connectivity index (χ2v) is 4.96. The fourth-order valence-corrected chi connectivity index (χ4v) is 2.38. The van der Waals surface area contributed by atoms with Crippen LogP contribution in [0.1, 0.15) is 21.0 Å². The van der Waals surface area contributed by atoms with Gasteiger partial charge in [-0.05, 0) is 0 Å². The van der Waals surface area contributed by atoms with E-state index in [2.05, 4.69) is 19.5 Å². The molecule has 0 bridgehead atoms. The molecule has 1 aliphatic heterocycles. The second kappa shape index (κ2) is 7.84. The molecule has 1 saturated heterocycles. The van der Waals surface area contributed by atoms with Crippen LogP contribution in [0.2, 0.25) is 0 Å². The topological polar surface area (TPSA) is 126 Å². The summed E-state index contributed by atoms with van der Waals surface area (Å²) < 4.78 is 15.5. The molecule has 0 unspecified atom stereocenters. The third kappa shape index (κ3) is 3.68. The Hall–Kier alpha value is -2.53. The van der Waals surface area contributed by atoms with Crippen LogP contribution in [-0.4, -0.2) is 78.6 Å². The lowest BCUT2D eigenvalue weighted by atomic mass is 10.3. The highest BCUT2D eigenvalue weighted by Crippen LogP contribution is 2.25. The van der Waals surface area contributed by atoms with Gasteiger partial charge in [0.1, 0.15) is 0 Å². The molecule has 2 rings (SSSR count). The predicted octanol–water partition coefficient (Wildman–Crippen LogP) is -0.303. The summed E-state index contributed by atoms with van der Waals surface area (Å²) in [6, 6.07) is 0. The Labute approximate surface area is 137 Å². The zero-order valence-corrected chi connectivity index (χ0v) is 13.4. The number of ether oxygens (including phenoxy) is 3. The van der Waals surface area contributed by atoms with Crippen molar-refractivity contribution < 1.29 is 28.7 Å². The minimum atomic E-state index is -0.989. The van der Waals surface area contributed by atoms with Gasteiger partial charge in [-0.3, -0.25) is 15.0 Å². The van der Waals surface area contributed by atoms with Gasteiger partial charge < -0.3 is 14.2 Å². The van der Waals surface area contributed by atoms with E-state index in [1.54, 1.807) is 0 Å². The Kier molecular flexibility index (Phi) is 5.82. The first-order valence-electron chi connectivity index (χ1n) is 7.21. The molecule has 2 heterocycles. The number of rotatable bonds is 6. The molecule has 0 amide bonds. The van der Waals surface area contributed by atoms with Gasteiger partial charge >= 0.3 is 17.6 Å². The summed E-state index contributed by atoms with van der Waals surface area (Å²) >= 11 is 0. The summed E-state index contributed by atoms with van der Waals surface area (Å²) in [5.41, 5.74) is -1.61. The van der Waals surface area contributed by atoms with E-state index >= 15 is 0 Å². The number of carbonyl (C=O) groups is 2. The summed E-state index contributed by atoms with van der Waals surface area (Å²) in [6.45, 7) is 3.28. The van der Waals surface area contributed by atoms with Crippen molar-refractivity contribution in [2.75, 3.05) is 47.1 Å². The van der Waals surface area contributed by atoms with Crippen LogP contribution in [0.3, 0.4) is 0 Å². The average molecular weight is 342 g/mol. The highest BCUT2D eigenvalue weighted by Gasteiger charge is 2.37. The smallest absolute Gasteiger partial charge is 0.365 e. The largest absolute Gasteiger partial charge is 0.464 e. The van der Waals surface area contributed by atoms with Gasteiger partial charge in [-0.15, -0.1) is 0 Å². The number of nitrogens with zero attached hydrogens (tertiary/aromatic N) is 4. The number of aromatic nitrogens is 2. The monoisotopic (exact) mass is 342 g/mol. The van der Waals surface area contributed by atoms with E-state index in [9.17, 15) is 19.7 Å². The van der Waals surface area contributed by atoms with Crippen molar-refractivity contribution in [3.63, 3.8) is 0 Å². The summed E-state index contributed by atoms with van der Waals surface area (Å²) in [6.07, 6.45) is 0. The predicted molar refractivity (Wildman–Crippen MR) is 78.8 cm³/mol. The quantitative estimate of drug-likeness (QED) is 0.389. The van der Waals surface area contributed by atoms with Gasteiger partial charge in [0.05, 0.1) is 38.9 Å². The number of hydrogen-bond acceptors (Lipinski definition) is 9. The molecular weight excluding hydrogens is 324 g/mol. The van der Waals surface area contributed by atoms with Gasteiger partial charge in [-0.1, -0.05) is 0 Å². The molecule has 0 atom stereocenters. The van der Waals surface area contributed by atoms with Crippen LogP contribution in [0.25, 0.3) is 0 Å². The molecule has 1 aromatic rings. The van der Waals surface area contributed by atoms with Crippen LogP contribution in [0.15, 0.2) is 0 Å². The first-order valence-corrected chi connectivity index (χ1v) is 7.21. The lowest BCUT2D eigenvalue weighted by Gasteiger charge is -2.26. The number of morpholine rings is 1. The minimum absolute atomic E-state index is 0.183. The van der Waals surface area contributed by atoms with E-state index in [1.165, 1.54) is 0 Å². The Morgan fingerprint density at radius 1 is 1.21 bits per heavy atom. The SMILES string of the molecule is COC(=O)c1nn(CCN2CCOCC2)c(C(=O)OC)c1[N+](=O)[O-]. The van der Waals surface area contributed by atoms with E-state index in [0.29, 0.717) is 32.8 Å². The van der Waals surface area contributed by atoms with Crippen LogP contribution in [-0.2, 0) is 20.8 Å². The van der Waals surface area contributed by atoms with Crippen molar-refractivity contribution in [3.8, 4) is 0 Å². The standard InChI is InChI=1S/C13H18N4O7/c1-22-12(18)9-10(17(20)21)11(13(19)23-2)16(14-9)4-3-15-5-7-24-8-6-15/h3-8H2,1-2H3. The van der Waals surface area contributed by atoms with Gasteiger partial charge in [0.2, 0.25) is 11.4 Å². The number of nitro groups is 1. The van der Waals surface area contributed by atoms with Gasteiger partial charge in [0.15, 0.2) is 0 Å². The van der Waals surface area contributed by atoms with Crippen molar-refractivity contribution in [1.82, 2.24) is 14.7 Å². The summed E-state index contributed by atoms with van der Waals surface area (Å²) in [5.74, 6) is -1.93. The van der Waals surface area contributed by atoms with E-state index in [0.717, 1.165) is 18.9 Å². The molecule has 1 aromatic heterocycles. The molecule has 24 heavy (non-hydrogen) atoms. The van der Waals surface area contributed by atoms with E-state index < -0.39 is 28.2 Å². The lowest BCUT2D eigenvalue weighted by molar-refractivity contribution is -0.385. The zero-order chi connectivity index (χ0) is 17.7. The summed E-state index contributed by atoms with van der Waals surface area (Å²) in [7, 11) is 2.18. The van der Waals surface area contributed by atoms with Crippen molar-refractivity contribution in [1.29, 1.82) is 0 Å². The average Bonchev–Trinajstić information content (AvgIpc) is 2.99. The van der Waals surface area contributed by atoms with Crippen LogP contribution in [0, 0.1) is 10.1 Å².